The molecule has 0 aliphatic rings. The van der Waals surface area contributed by atoms with Crippen molar-refractivity contribution in [3.63, 3.8) is 0 Å². The van der Waals surface area contributed by atoms with Gasteiger partial charge in [-0.2, -0.15) is 0 Å². The zero-order valence-electron chi connectivity index (χ0n) is 9.41. The Morgan fingerprint density at radius 2 is 1.84 bits per heavy atom. The monoisotopic (exact) mass is 288 g/mol. The first kappa shape index (κ1) is 13.5. The quantitative estimate of drug-likeness (QED) is 0.912. The van der Waals surface area contributed by atoms with Crippen LogP contribution in [0.4, 0.5) is 19.0 Å². The maximum Gasteiger partial charge on any atom is 0.573 e. The standard InChI is InChI=1S/C12H8ClF3N2O/c13-7-5-9(11(17)18-6-7)8-3-1-2-4-10(8)19-12(14,15)16/h1-6H,(H2,17,18). The van der Waals surface area contributed by atoms with Crippen molar-refractivity contribution < 1.29 is 17.9 Å². The van der Waals surface area contributed by atoms with Gasteiger partial charge in [0.15, 0.2) is 0 Å². The molecule has 1 aromatic carbocycles. The highest BCUT2D eigenvalue weighted by molar-refractivity contribution is 6.30. The second-order valence-electron chi connectivity index (χ2n) is 3.63. The lowest BCUT2D eigenvalue weighted by Crippen LogP contribution is -2.17. The van der Waals surface area contributed by atoms with Crippen molar-refractivity contribution in [2.45, 2.75) is 6.36 Å². The van der Waals surface area contributed by atoms with Crippen LogP contribution in [0.25, 0.3) is 11.1 Å². The van der Waals surface area contributed by atoms with Crippen LogP contribution in [-0.2, 0) is 0 Å². The Labute approximate surface area is 111 Å². The van der Waals surface area contributed by atoms with E-state index in [4.69, 9.17) is 17.3 Å². The Hall–Kier alpha value is -1.95. The van der Waals surface area contributed by atoms with Crippen LogP contribution >= 0.6 is 11.6 Å². The van der Waals surface area contributed by atoms with Gasteiger partial charge in [-0.05, 0) is 12.1 Å². The summed E-state index contributed by atoms with van der Waals surface area (Å²) in [6.07, 6.45) is -3.47. The molecule has 7 heteroatoms. The summed E-state index contributed by atoms with van der Waals surface area (Å²) in [5, 5.41) is 0.269. The van der Waals surface area contributed by atoms with E-state index in [1.54, 1.807) is 6.07 Å². The van der Waals surface area contributed by atoms with Crippen LogP contribution in [-0.4, -0.2) is 11.3 Å². The number of anilines is 1. The molecule has 0 unspecified atom stereocenters. The largest absolute Gasteiger partial charge is 0.573 e. The number of pyridine rings is 1. The van der Waals surface area contributed by atoms with E-state index in [9.17, 15) is 13.2 Å². The third-order valence-electron chi connectivity index (χ3n) is 2.29. The third-order valence-corrected chi connectivity index (χ3v) is 2.49. The molecule has 100 valence electrons. The van der Waals surface area contributed by atoms with E-state index in [0.717, 1.165) is 0 Å². The molecule has 0 aliphatic carbocycles. The molecule has 2 N–H and O–H groups in total. The Morgan fingerprint density at radius 3 is 2.53 bits per heavy atom. The summed E-state index contributed by atoms with van der Waals surface area (Å²) >= 11 is 5.77. The second kappa shape index (κ2) is 4.97. The second-order valence-corrected chi connectivity index (χ2v) is 4.07. The first-order chi connectivity index (χ1) is 8.87. The van der Waals surface area contributed by atoms with Gasteiger partial charge in [0.1, 0.15) is 11.6 Å². The maximum atomic E-state index is 12.3. The fraction of sp³-hybridized carbons (Fsp3) is 0.0833. The minimum absolute atomic E-state index is 0.0719. The summed E-state index contributed by atoms with van der Waals surface area (Å²) in [7, 11) is 0. The number of rotatable bonds is 2. The van der Waals surface area contributed by atoms with Crippen LogP contribution in [0.15, 0.2) is 36.5 Å². The van der Waals surface area contributed by atoms with E-state index in [-0.39, 0.29) is 27.7 Å². The summed E-state index contributed by atoms with van der Waals surface area (Å²) in [6.45, 7) is 0. The molecule has 2 rings (SSSR count). The summed E-state index contributed by atoms with van der Waals surface area (Å²) < 4.78 is 40.9. The topological polar surface area (TPSA) is 48.1 Å². The van der Waals surface area contributed by atoms with Gasteiger partial charge in [-0.3, -0.25) is 0 Å². The van der Waals surface area contributed by atoms with Crippen molar-refractivity contribution in [3.05, 3.63) is 41.6 Å². The first-order valence-corrected chi connectivity index (χ1v) is 5.51. The zero-order valence-corrected chi connectivity index (χ0v) is 10.2. The van der Waals surface area contributed by atoms with E-state index in [0.29, 0.717) is 0 Å². The highest BCUT2D eigenvalue weighted by Crippen LogP contribution is 2.36. The van der Waals surface area contributed by atoms with Crippen molar-refractivity contribution in [1.29, 1.82) is 0 Å². The molecule has 0 saturated heterocycles. The van der Waals surface area contributed by atoms with Crippen LogP contribution < -0.4 is 10.5 Å². The summed E-state index contributed by atoms with van der Waals surface area (Å²) in [5.74, 6) is -0.284. The zero-order chi connectivity index (χ0) is 14.0. The van der Waals surface area contributed by atoms with Crippen LogP contribution in [0.5, 0.6) is 5.75 Å². The summed E-state index contributed by atoms with van der Waals surface area (Å²) in [6, 6.07) is 7.08. The number of ether oxygens (including phenoxy) is 1. The highest BCUT2D eigenvalue weighted by Gasteiger charge is 2.32. The summed E-state index contributed by atoms with van der Waals surface area (Å²) in [4.78, 5) is 3.80. The van der Waals surface area contributed by atoms with Gasteiger partial charge in [0.05, 0.1) is 5.02 Å². The molecule has 0 fully saturated rings. The number of halogens is 4. The van der Waals surface area contributed by atoms with Crippen LogP contribution in [0.1, 0.15) is 0 Å². The lowest BCUT2D eigenvalue weighted by Gasteiger charge is -2.14. The molecule has 1 aromatic heterocycles. The van der Waals surface area contributed by atoms with Gasteiger partial charge in [-0.15, -0.1) is 13.2 Å². The van der Waals surface area contributed by atoms with Gasteiger partial charge in [-0.1, -0.05) is 29.8 Å². The van der Waals surface area contributed by atoms with Crippen LogP contribution in [0.2, 0.25) is 5.02 Å². The van der Waals surface area contributed by atoms with Gasteiger partial charge in [0.25, 0.3) is 0 Å². The molecule has 0 bridgehead atoms. The maximum absolute atomic E-state index is 12.3. The van der Waals surface area contributed by atoms with Crippen LogP contribution in [0, 0.1) is 0 Å². The number of aromatic nitrogens is 1. The number of hydrogen-bond donors (Lipinski definition) is 1. The lowest BCUT2D eigenvalue weighted by atomic mass is 10.1. The predicted octanol–water partition coefficient (Wildman–Crippen LogP) is 3.88. The molecule has 0 atom stereocenters. The third kappa shape index (κ3) is 3.29. The number of para-hydroxylation sites is 1. The van der Waals surface area contributed by atoms with E-state index in [2.05, 4.69) is 9.72 Å². The van der Waals surface area contributed by atoms with Crippen molar-refractivity contribution >= 4 is 17.4 Å². The van der Waals surface area contributed by atoms with E-state index >= 15 is 0 Å². The highest BCUT2D eigenvalue weighted by atomic mass is 35.5. The number of alkyl halides is 3. The van der Waals surface area contributed by atoms with Gasteiger partial charge in [0.2, 0.25) is 0 Å². The molecular formula is C12H8ClF3N2O. The SMILES string of the molecule is Nc1ncc(Cl)cc1-c1ccccc1OC(F)(F)F. The van der Waals surface area contributed by atoms with Gasteiger partial charge >= 0.3 is 6.36 Å². The Bertz CT molecular complexity index is 602. The molecular weight excluding hydrogens is 281 g/mol. The van der Waals surface area contributed by atoms with Crippen molar-refractivity contribution in [1.82, 2.24) is 4.98 Å². The van der Waals surface area contributed by atoms with Crippen LogP contribution in [0.3, 0.4) is 0 Å². The molecule has 0 saturated carbocycles. The molecule has 1 heterocycles. The van der Waals surface area contributed by atoms with Crippen molar-refractivity contribution in [2.24, 2.45) is 0 Å². The fourth-order valence-corrected chi connectivity index (χ4v) is 1.73. The predicted molar refractivity (Wildman–Crippen MR) is 65.8 cm³/mol. The molecule has 0 aliphatic heterocycles. The molecule has 2 aromatic rings. The number of nitrogens with two attached hydrogens (primary N) is 1. The molecule has 0 amide bonds. The Balaban J connectivity index is 2.53. The van der Waals surface area contributed by atoms with Crippen molar-refractivity contribution in [2.75, 3.05) is 5.73 Å². The molecule has 3 nitrogen and oxygen atoms in total. The number of hydrogen-bond acceptors (Lipinski definition) is 3. The first-order valence-electron chi connectivity index (χ1n) is 5.13. The van der Waals surface area contributed by atoms with Gasteiger partial charge < -0.3 is 10.5 Å². The summed E-state index contributed by atoms with van der Waals surface area (Å²) in [5.41, 5.74) is 6.11. The minimum Gasteiger partial charge on any atom is -0.405 e. The average molecular weight is 289 g/mol. The molecule has 0 spiro atoms. The van der Waals surface area contributed by atoms with Crippen molar-refractivity contribution in [3.8, 4) is 16.9 Å². The smallest absolute Gasteiger partial charge is 0.405 e. The van der Waals surface area contributed by atoms with E-state index in [1.165, 1.54) is 30.5 Å². The van der Waals surface area contributed by atoms with Gasteiger partial charge in [-0.25, -0.2) is 4.98 Å². The minimum atomic E-state index is -4.78. The number of benzene rings is 1. The van der Waals surface area contributed by atoms with E-state index < -0.39 is 6.36 Å². The molecule has 19 heavy (non-hydrogen) atoms. The Morgan fingerprint density at radius 1 is 1.16 bits per heavy atom. The number of nitrogen functional groups attached to an aromatic ring is 1. The fourth-order valence-electron chi connectivity index (χ4n) is 1.57. The Kier molecular flexibility index (Phi) is 3.53. The van der Waals surface area contributed by atoms with Gasteiger partial charge in [0, 0.05) is 17.3 Å². The van der Waals surface area contributed by atoms with E-state index in [1.807, 2.05) is 0 Å². The molecule has 0 radical (unpaired) electrons. The normalized spacial score (nSPS) is 11.4. The lowest BCUT2D eigenvalue weighted by molar-refractivity contribution is -0.274. The average Bonchev–Trinajstić information content (AvgIpc) is 2.31. The number of nitrogens with zero attached hydrogens (tertiary/aromatic N) is 1.